The van der Waals surface area contributed by atoms with Crippen LogP contribution in [0, 0.1) is 0 Å². The van der Waals surface area contributed by atoms with Gasteiger partial charge in [0, 0.05) is 23.6 Å². The highest BCUT2D eigenvalue weighted by Crippen LogP contribution is 2.51. The molecule has 0 N–H and O–H groups in total. The van der Waals surface area contributed by atoms with E-state index in [1.807, 2.05) is 30.1 Å². The Balaban J connectivity index is 1.73. The zero-order valence-corrected chi connectivity index (χ0v) is 16.2. The van der Waals surface area contributed by atoms with Gasteiger partial charge in [-0.25, -0.2) is 0 Å². The molecule has 0 bridgehead atoms. The number of amidine groups is 1. The summed E-state index contributed by atoms with van der Waals surface area (Å²) in [6.07, 6.45) is 1.85. The second kappa shape index (κ2) is 6.57. The van der Waals surface area contributed by atoms with Crippen LogP contribution >= 0.6 is 11.8 Å². The van der Waals surface area contributed by atoms with Crippen molar-refractivity contribution in [1.29, 1.82) is 0 Å². The maximum absolute atomic E-state index is 5.82. The van der Waals surface area contributed by atoms with Gasteiger partial charge in [0.05, 0.1) is 18.8 Å². The summed E-state index contributed by atoms with van der Waals surface area (Å²) in [5.74, 6) is 0.917. The third kappa shape index (κ3) is 2.69. The second-order valence-corrected chi connectivity index (χ2v) is 8.45. The average molecular weight is 375 g/mol. The Labute approximate surface area is 163 Å². The van der Waals surface area contributed by atoms with E-state index in [-0.39, 0.29) is 12.1 Å². The minimum atomic E-state index is -0.0269. The molecule has 0 unspecified atom stereocenters. The van der Waals surface area contributed by atoms with E-state index in [0.717, 1.165) is 23.2 Å². The number of aliphatic imine (C=N–C) groups is 1. The summed E-state index contributed by atoms with van der Waals surface area (Å²) in [6.45, 7) is 3.25. The molecular weight excluding hydrogens is 354 g/mol. The van der Waals surface area contributed by atoms with E-state index in [1.54, 1.807) is 7.11 Å². The van der Waals surface area contributed by atoms with Crippen LogP contribution in [0.2, 0.25) is 0 Å². The van der Waals surface area contributed by atoms with Crippen LogP contribution in [0.25, 0.3) is 10.8 Å². The number of pyridine rings is 1. The summed E-state index contributed by atoms with van der Waals surface area (Å²) < 4.78 is 5.82. The molecule has 0 saturated carbocycles. The highest BCUT2D eigenvalue weighted by atomic mass is 32.2. The molecule has 2 aliphatic heterocycles. The van der Waals surface area contributed by atoms with Crippen molar-refractivity contribution in [1.82, 2.24) is 9.88 Å². The Morgan fingerprint density at radius 3 is 2.74 bits per heavy atom. The van der Waals surface area contributed by atoms with Gasteiger partial charge in [0.25, 0.3) is 0 Å². The van der Waals surface area contributed by atoms with Gasteiger partial charge in [-0.2, -0.15) is 0 Å². The smallest absolute Gasteiger partial charge is 0.160 e. The van der Waals surface area contributed by atoms with Gasteiger partial charge in [-0.1, -0.05) is 55.1 Å². The number of nitrogens with zero attached hydrogens (tertiary/aromatic N) is 3. The maximum Gasteiger partial charge on any atom is 0.160 e. The molecule has 2 aliphatic rings. The van der Waals surface area contributed by atoms with Crippen LogP contribution in [0.1, 0.15) is 30.3 Å². The first kappa shape index (κ1) is 16.6. The Hall–Kier alpha value is -2.53. The van der Waals surface area contributed by atoms with Crippen molar-refractivity contribution in [2.45, 2.75) is 24.3 Å². The number of ether oxygens (including phenoxy) is 1. The fourth-order valence-corrected chi connectivity index (χ4v) is 5.28. The lowest BCUT2D eigenvalue weighted by molar-refractivity contribution is 0.310. The largest absolute Gasteiger partial charge is 0.496 e. The van der Waals surface area contributed by atoms with Gasteiger partial charge >= 0.3 is 0 Å². The first-order chi connectivity index (χ1) is 13.3. The van der Waals surface area contributed by atoms with Crippen molar-refractivity contribution in [3.63, 3.8) is 0 Å². The van der Waals surface area contributed by atoms with E-state index >= 15 is 0 Å². The lowest BCUT2D eigenvalue weighted by atomic mass is 9.91. The van der Waals surface area contributed by atoms with Crippen molar-refractivity contribution in [2.24, 2.45) is 4.99 Å². The number of methoxy groups -OCH3 is 1. The SMILES string of the molecule is COc1ccc2ccccc2c1[C@@H]1[C@H](c2ccccn2)N=C2S[C@H](C)CN21. The number of benzene rings is 2. The summed E-state index contributed by atoms with van der Waals surface area (Å²) in [7, 11) is 1.75. The standard InChI is InChI=1S/C22H21N3OS/c1-14-13-25-21(20(24-22(25)27-14)17-9-5-6-12-23-17)19-16-8-4-3-7-15(16)10-11-18(19)26-2/h3-12,14,20-21H,13H2,1-2H3/t14-,20+,21-/m1/s1. The molecule has 0 aliphatic carbocycles. The lowest BCUT2D eigenvalue weighted by Crippen LogP contribution is -2.29. The zero-order chi connectivity index (χ0) is 18.4. The van der Waals surface area contributed by atoms with Crippen LogP contribution in [0.15, 0.2) is 65.8 Å². The van der Waals surface area contributed by atoms with Crippen molar-refractivity contribution in [3.8, 4) is 5.75 Å². The average Bonchev–Trinajstić information content (AvgIpc) is 3.23. The highest BCUT2D eigenvalue weighted by molar-refractivity contribution is 8.14. The van der Waals surface area contributed by atoms with E-state index in [0.29, 0.717) is 5.25 Å². The fraction of sp³-hybridized carbons (Fsp3) is 0.273. The molecule has 5 rings (SSSR count). The zero-order valence-electron chi connectivity index (χ0n) is 15.4. The predicted octanol–water partition coefficient (Wildman–Crippen LogP) is 4.83. The summed E-state index contributed by atoms with van der Waals surface area (Å²) in [6, 6.07) is 18.9. The summed E-state index contributed by atoms with van der Waals surface area (Å²) in [5, 5.41) is 4.11. The van der Waals surface area contributed by atoms with Crippen LogP contribution in [-0.2, 0) is 0 Å². The molecule has 1 saturated heterocycles. The fourth-order valence-electron chi connectivity index (χ4n) is 4.19. The molecular formula is C22H21N3OS. The number of thioether (sulfide) groups is 1. The minimum absolute atomic E-state index is 0.0269. The Bertz CT molecular complexity index is 1020. The first-order valence-corrected chi connectivity index (χ1v) is 10.1. The van der Waals surface area contributed by atoms with Gasteiger partial charge in [0.1, 0.15) is 11.8 Å². The molecule has 3 heterocycles. The molecule has 0 radical (unpaired) electrons. The van der Waals surface area contributed by atoms with Crippen LogP contribution in [-0.4, -0.2) is 34.0 Å². The third-order valence-electron chi connectivity index (χ3n) is 5.33. The van der Waals surface area contributed by atoms with Gasteiger partial charge < -0.3 is 9.64 Å². The molecule has 3 atom stereocenters. The topological polar surface area (TPSA) is 37.7 Å². The molecule has 3 aromatic rings. The Kier molecular flexibility index (Phi) is 4.05. The van der Waals surface area contributed by atoms with Crippen LogP contribution in [0.3, 0.4) is 0 Å². The Morgan fingerprint density at radius 2 is 1.93 bits per heavy atom. The van der Waals surface area contributed by atoms with E-state index in [1.165, 1.54) is 16.3 Å². The number of fused-ring (bicyclic) bond motifs is 2. The number of rotatable bonds is 3. The normalized spacial score (nSPS) is 24.1. The summed E-state index contributed by atoms with van der Waals surface area (Å²) in [4.78, 5) is 12.2. The number of hydrogen-bond donors (Lipinski definition) is 0. The van der Waals surface area contributed by atoms with Crippen molar-refractivity contribution in [2.75, 3.05) is 13.7 Å². The van der Waals surface area contributed by atoms with Crippen LogP contribution < -0.4 is 4.74 Å². The van der Waals surface area contributed by atoms with E-state index < -0.39 is 0 Å². The number of hydrogen-bond acceptors (Lipinski definition) is 5. The molecule has 136 valence electrons. The van der Waals surface area contributed by atoms with Gasteiger partial charge in [-0.05, 0) is 29.0 Å². The first-order valence-electron chi connectivity index (χ1n) is 9.24. The summed E-state index contributed by atoms with van der Waals surface area (Å²) in [5.41, 5.74) is 2.22. The molecule has 4 nitrogen and oxygen atoms in total. The monoisotopic (exact) mass is 375 g/mol. The third-order valence-corrected chi connectivity index (χ3v) is 6.43. The van der Waals surface area contributed by atoms with Crippen molar-refractivity contribution in [3.05, 3.63) is 72.1 Å². The van der Waals surface area contributed by atoms with E-state index in [4.69, 9.17) is 9.73 Å². The quantitative estimate of drug-likeness (QED) is 0.657. The maximum atomic E-state index is 5.82. The highest BCUT2D eigenvalue weighted by Gasteiger charge is 2.45. The van der Waals surface area contributed by atoms with Gasteiger partial charge in [-0.15, -0.1) is 0 Å². The molecule has 1 fully saturated rings. The minimum Gasteiger partial charge on any atom is -0.496 e. The van der Waals surface area contributed by atoms with Gasteiger partial charge in [-0.3, -0.25) is 9.98 Å². The molecule has 27 heavy (non-hydrogen) atoms. The van der Waals surface area contributed by atoms with Gasteiger partial charge in [0.15, 0.2) is 5.17 Å². The van der Waals surface area contributed by atoms with Crippen LogP contribution in [0.4, 0.5) is 0 Å². The molecule has 1 aromatic heterocycles. The van der Waals surface area contributed by atoms with Crippen molar-refractivity contribution >= 4 is 27.7 Å². The molecule has 5 heteroatoms. The van der Waals surface area contributed by atoms with Crippen LogP contribution in [0.5, 0.6) is 5.75 Å². The lowest BCUT2D eigenvalue weighted by Gasteiger charge is -2.29. The predicted molar refractivity (Wildman–Crippen MR) is 111 cm³/mol. The second-order valence-electron chi connectivity index (χ2n) is 7.04. The Morgan fingerprint density at radius 1 is 1.07 bits per heavy atom. The van der Waals surface area contributed by atoms with Crippen molar-refractivity contribution < 1.29 is 4.74 Å². The molecule has 0 amide bonds. The number of aromatic nitrogens is 1. The van der Waals surface area contributed by atoms with E-state index in [9.17, 15) is 0 Å². The van der Waals surface area contributed by atoms with Gasteiger partial charge in [0.2, 0.25) is 0 Å². The van der Waals surface area contributed by atoms with E-state index in [2.05, 4.69) is 59.3 Å². The summed E-state index contributed by atoms with van der Waals surface area (Å²) >= 11 is 1.86. The molecule has 2 aromatic carbocycles. The molecule has 0 spiro atoms.